The zero-order valence-electron chi connectivity index (χ0n) is 12.8. The maximum atomic E-state index is 12.0. The van der Waals surface area contributed by atoms with Crippen molar-refractivity contribution in [2.75, 3.05) is 11.9 Å². The van der Waals surface area contributed by atoms with E-state index >= 15 is 0 Å². The van der Waals surface area contributed by atoms with E-state index in [0.717, 1.165) is 0 Å². The van der Waals surface area contributed by atoms with Crippen molar-refractivity contribution in [2.45, 2.75) is 13.8 Å². The number of hydrogen-bond donors (Lipinski definition) is 2. The van der Waals surface area contributed by atoms with Gasteiger partial charge in [0.25, 0.3) is 11.8 Å². The molecule has 0 saturated heterocycles. The number of amides is 2. The standard InChI is InChI=1S/C16H17ClN4O2/c1-10(2)6-20-16(23)13-4-3-12(5-14(13)17)21-15(22)11-7-18-9-19-8-11/h3-5,7-10H,6H2,1-2H3,(H,20,23)(H,21,22). The van der Waals surface area contributed by atoms with E-state index < -0.39 is 0 Å². The molecule has 1 aromatic heterocycles. The van der Waals surface area contributed by atoms with E-state index in [0.29, 0.717) is 29.3 Å². The lowest BCUT2D eigenvalue weighted by Crippen LogP contribution is -2.27. The second-order valence-electron chi connectivity index (χ2n) is 5.38. The molecule has 23 heavy (non-hydrogen) atoms. The zero-order chi connectivity index (χ0) is 16.8. The highest BCUT2D eigenvalue weighted by atomic mass is 35.5. The molecule has 7 heteroatoms. The van der Waals surface area contributed by atoms with Crippen LogP contribution < -0.4 is 10.6 Å². The van der Waals surface area contributed by atoms with Crippen LogP contribution in [0.1, 0.15) is 34.6 Å². The summed E-state index contributed by atoms with van der Waals surface area (Å²) in [6, 6.07) is 4.74. The molecule has 0 aliphatic rings. The summed E-state index contributed by atoms with van der Waals surface area (Å²) in [5, 5.41) is 5.75. The molecular weight excluding hydrogens is 316 g/mol. The zero-order valence-corrected chi connectivity index (χ0v) is 13.6. The van der Waals surface area contributed by atoms with E-state index in [1.807, 2.05) is 13.8 Å². The average molecular weight is 333 g/mol. The van der Waals surface area contributed by atoms with E-state index in [2.05, 4.69) is 20.6 Å². The first-order valence-corrected chi connectivity index (χ1v) is 7.49. The molecular formula is C16H17ClN4O2. The minimum Gasteiger partial charge on any atom is -0.352 e. The van der Waals surface area contributed by atoms with Gasteiger partial charge in [-0.15, -0.1) is 0 Å². The largest absolute Gasteiger partial charge is 0.352 e. The number of nitrogens with zero attached hydrogens (tertiary/aromatic N) is 2. The summed E-state index contributed by atoms with van der Waals surface area (Å²) in [5.74, 6) is -0.235. The van der Waals surface area contributed by atoms with Gasteiger partial charge in [-0.1, -0.05) is 25.4 Å². The minimum absolute atomic E-state index is 0.238. The van der Waals surface area contributed by atoms with E-state index in [1.54, 1.807) is 12.1 Å². The third-order valence-electron chi connectivity index (χ3n) is 2.97. The SMILES string of the molecule is CC(C)CNC(=O)c1ccc(NC(=O)c2cncnc2)cc1Cl. The highest BCUT2D eigenvalue weighted by Crippen LogP contribution is 2.21. The Hall–Kier alpha value is -2.47. The van der Waals surface area contributed by atoms with Gasteiger partial charge >= 0.3 is 0 Å². The van der Waals surface area contributed by atoms with E-state index in [4.69, 9.17) is 11.6 Å². The lowest BCUT2D eigenvalue weighted by Gasteiger charge is -2.10. The predicted molar refractivity (Wildman–Crippen MR) is 88.6 cm³/mol. The number of halogens is 1. The van der Waals surface area contributed by atoms with Crippen molar-refractivity contribution < 1.29 is 9.59 Å². The van der Waals surface area contributed by atoms with E-state index in [9.17, 15) is 9.59 Å². The summed E-state index contributed by atoms with van der Waals surface area (Å²) in [4.78, 5) is 31.6. The number of anilines is 1. The number of rotatable bonds is 5. The van der Waals surface area contributed by atoms with Crippen LogP contribution in [0.3, 0.4) is 0 Å². The molecule has 0 radical (unpaired) electrons. The molecule has 1 aromatic carbocycles. The number of hydrogen-bond acceptors (Lipinski definition) is 4. The highest BCUT2D eigenvalue weighted by molar-refractivity contribution is 6.34. The topological polar surface area (TPSA) is 84.0 Å². The van der Waals surface area contributed by atoms with Crippen LogP contribution in [0.2, 0.25) is 5.02 Å². The van der Waals surface area contributed by atoms with Crippen LogP contribution >= 0.6 is 11.6 Å². The van der Waals surface area contributed by atoms with Gasteiger partial charge in [-0.25, -0.2) is 9.97 Å². The molecule has 0 bridgehead atoms. The van der Waals surface area contributed by atoms with Crippen molar-refractivity contribution in [1.29, 1.82) is 0 Å². The van der Waals surface area contributed by atoms with Crippen LogP contribution in [-0.4, -0.2) is 28.3 Å². The molecule has 0 aliphatic carbocycles. The molecule has 1 heterocycles. The van der Waals surface area contributed by atoms with E-state index in [1.165, 1.54) is 24.8 Å². The van der Waals surface area contributed by atoms with Crippen LogP contribution in [-0.2, 0) is 0 Å². The summed E-state index contributed by atoms with van der Waals surface area (Å²) in [6.07, 6.45) is 4.17. The second-order valence-corrected chi connectivity index (χ2v) is 5.79. The summed E-state index contributed by atoms with van der Waals surface area (Å²) in [5.41, 5.74) is 1.19. The second kappa shape index (κ2) is 7.69. The van der Waals surface area contributed by atoms with Crippen molar-refractivity contribution in [3.8, 4) is 0 Å². The van der Waals surface area contributed by atoms with Gasteiger partial charge in [0, 0.05) is 24.6 Å². The Labute approximate surface area is 139 Å². The summed E-state index contributed by atoms with van der Waals surface area (Å²) in [6.45, 7) is 4.59. The Morgan fingerprint density at radius 3 is 2.48 bits per heavy atom. The molecule has 2 rings (SSSR count). The number of nitrogens with one attached hydrogen (secondary N) is 2. The Morgan fingerprint density at radius 1 is 1.17 bits per heavy atom. The molecule has 0 saturated carbocycles. The van der Waals surface area contributed by atoms with Crippen molar-refractivity contribution in [3.63, 3.8) is 0 Å². The smallest absolute Gasteiger partial charge is 0.258 e. The van der Waals surface area contributed by atoms with Crippen molar-refractivity contribution >= 4 is 29.1 Å². The van der Waals surface area contributed by atoms with Gasteiger partial charge in [0.15, 0.2) is 0 Å². The third kappa shape index (κ3) is 4.75. The van der Waals surface area contributed by atoms with Crippen LogP contribution in [0.15, 0.2) is 36.9 Å². The molecule has 2 aromatic rings. The van der Waals surface area contributed by atoms with Crippen molar-refractivity contribution in [1.82, 2.24) is 15.3 Å². The first-order valence-electron chi connectivity index (χ1n) is 7.11. The van der Waals surface area contributed by atoms with Gasteiger partial charge in [0.05, 0.1) is 16.1 Å². The minimum atomic E-state index is -0.348. The summed E-state index contributed by atoms with van der Waals surface area (Å²) >= 11 is 6.13. The van der Waals surface area contributed by atoms with Gasteiger partial charge in [0.2, 0.25) is 0 Å². The number of carbonyl (C=O) groups excluding carboxylic acids is 2. The molecule has 0 spiro atoms. The molecule has 0 fully saturated rings. The van der Waals surface area contributed by atoms with Crippen LogP contribution in [0, 0.1) is 5.92 Å². The molecule has 0 unspecified atom stereocenters. The van der Waals surface area contributed by atoms with Crippen LogP contribution in [0.5, 0.6) is 0 Å². The maximum Gasteiger partial charge on any atom is 0.258 e. The molecule has 0 aliphatic heterocycles. The lowest BCUT2D eigenvalue weighted by atomic mass is 10.1. The molecule has 2 N–H and O–H groups in total. The van der Waals surface area contributed by atoms with Gasteiger partial charge in [-0.3, -0.25) is 9.59 Å². The van der Waals surface area contributed by atoms with Gasteiger partial charge in [-0.2, -0.15) is 0 Å². The highest BCUT2D eigenvalue weighted by Gasteiger charge is 2.12. The average Bonchev–Trinajstić information content (AvgIpc) is 2.53. The first-order chi connectivity index (χ1) is 11.0. The van der Waals surface area contributed by atoms with Gasteiger partial charge in [0.1, 0.15) is 6.33 Å². The van der Waals surface area contributed by atoms with E-state index in [-0.39, 0.29) is 16.8 Å². The molecule has 120 valence electrons. The Kier molecular flexibility index (Phi) is 5.65. The van der Waals surface area contributed by atoms with Crippen LogP contribution in [0.25, 0.3) is 0 Å². The Balaban J connectivity index is 2.07. The predicted octanol–water partition coefficient (Wildman–Crippen LogP) is 2.77. The molecule has 0 atom stereocenters. The first kappa shape index (κ1) is 16.9. The van der Waals surface area contributed by atoms with Crippen molar-refractivity contribution in [3.05, 3.63) is 53.1 Å². The fourth-order valence-corrected chi connectivity index (χ4v) is 2.06. The number of carbonyl (C=O) groups is 2. The third-order valence-corrected chi connectivity index (χ3v) is 3.28. The number of benzene rings is 1. The van der Waals surface area contributed by atoms with Crippen LogP contribution in [0.4, 0.5) is 5.69 Å². The summed E-state index contributed by atoms with van der Waals surface area (Å²) < 4.78 is 0. The Morgan fingerprint density at radius 2 is 1.87 bits per heavy atom. The quantitative estimate of drug-likeness (QED) is 0.881. The fourth-order valence-electron chi connectivity index (χ4n) is 1.79. The Bertz CT molecular complexity index is 704. The number of aromatic nitrogens is 2. The molecule has 6 nitrogen and oxygen atoms in total. The lowest BCUT2D eigenvalue weighted by molar-refractivity contribution is 0.0948. The molecule has 2 amide bonds. The van der Waals surface area contributed by atoms with Gasteiger partial charge < -0.3 is 10.6 Å². The van der Waals surface area contributed by atoms with Gasteiger partial charge in [-0.05, 0) is 24.1 Å². The summed E-state index contributed by atoms with van der Waals surface area (Å²) in [7, 11) is 0. The normalized spacial score (nSPS) is 10.4. The monoisotopic (exact) mass is 332 g/mol. The fraction of sp³-hybridized carbons (Fsp3) is 0.250. The maximum absolute atomic E-state index is 12.0. The van der Waals surface area contributed by atoms with Crippen molar-refractivity contribution in [2.24, 2.45) is 5.92 Å².